The van der Waals surface area contributed by atoms with Crippen molar-refractivity contribution in [3.8, 4) is 0 Å². The first-order chi connectivity index (χ1) is 9.86. The molecule has 5 heteroatoms. The Balaban J connectivity index is 2.49. The van der Waals surface area contributed by atoms with Gasteiger partial charge in [0.1, 0.15) is 5.82 Å². The van der Waals surface area contributed by atoms with Gasteiger partial charge in [0.15, 0.2) is 0 Å². The van der Waals surface area contributed by atoms with Crippen LogP contribution in [0, 0.1) is 18.2 Å². The topological polar surface area (TPSA) is 35.5 Å². The molecule has 0 radical (unpaired) electrons. The van der Waals surface area contributed by atoms with Crippen molar-refractivity contribution in [1.29, 1.82) is 0 Å². The van der Waals surface area contributed by atoms with Crippen LogP contribution >= 0.6 is 15.9 Å². The highest BCUT2D eigenvalue weighted by molar-refractivity contribution is 9.10. The summed E-state index contributed by atoms with van der Waals surface area (Å²) >= 11 is 3.47. The number of aliphatic hydroxyl groups is 1. The molecule has 0 spiro atoms. The van der Waals surface area contributed by atoms with Gasteiger partial charge in [0.05, 0.1) is 0 Å². The van der Waals surface area contributed by atoms with Gasteiger partial charge in [-0.15, -0.1) is 0 Å². The van der Waals surface area contributed by atoms with Crippen molar-refractivity contribution in [2.75, 3.05) is 32.8 Å². The van der Waals surface area contributed by atoms with E-state index in [-0.39, 0.29) is 18.5 Å². The van der Waals surface area contributed by atoms with Crippen molar-refractivity contribution in [2.45, 2.75) is 26.8 Å². The van der Waals surface area contributed by atoms with Crippen molar-refractivity contribution in [2.24, 2.45) is 5.41 Å². The molecule has 118 valence electrons. The average molecular weight is 359 g/mol. The van der Waals surface area contributed by atoms with Gasteiger partial charge in [-0.25, -0.2) is 4.39 Å². The molecule has 0 bridgehead atoms. The van der Waals surface area contributed by atoms with Gasteiger partial charge in [-0.1, -0.05) is 29.8 Å². The fraction of sp³-hybridized carbons (Fsp3) is 0.625. The summed E-state index contributed by atoms with van der Waals surface area (Å²) < 4.78 is 15.6. The molecule has 2 rings (SSSR count). The molecule has 21 heavy (non-hydrogen) atoms. The molecule has 1 atom stereocenters. The molecule has 0 unspecified atom stereocenters. The van der Waals surface area contributed by atoms with Crippen LogP contribution in [0.25, 0.3) is 0 Å². The van der Waals surface area contributed by atoms with Crippen LogP contribution in [0.15, 0.2) is 16.6 Å². The van der Waals surface area contributed by atoms with Crippen LogP contribution in [-0.4, -0.2) is 42.8 Å². The summed E-state index contributed by atoms with van der Waals surface area (Å²) in [5.74, 6) is -0.164. The molecule has 1 aliphatic rings. The van der Waals surface area contributed by atoms with Gasteiger partial charge in [-0.3, -0.25) is 4.90 Å². The summed E-state index contributed by atoms with van der Waals surface area (Å²) in [6.07, 6.45) is 0. The minimum Gasteiger partial charge on any atom is -0.396 e. The standard InChI is InChI=1S/C16H24BrFN2O/c1-11-8-12(17)9-13(14(11)18)15(16(2,3)10-21)20-6-4-19-5-7-20/h8-9,15,19,21H,4-7,10H2,1-3H3/t15-/m1/s1. The van der Waals surface area contributed by atoms with E-state index in [9.17, 15) is 9.50 Å². The van der Waals surface area contributed by atoms with Gasteiger partial charge in [0.2, 0.25) is 0 Å². The Kier molecular flexibility index (Phi) is 5.41. The lowest BCUT2D eigenvalue weighted by molar-refractivity contribution is 0.0285. The molecule has 2 N–H and O–H groups in total. The molecule has 1 saturated heterocycles. The number of nitrogens with zero attached hydrogens (tertiary/aromatic N) is 1. The molecule has 1 aromatic carbocycles. The average Bonchev–Trinajstić information content (AvgIpc) is 2.45. The highest BCUT2D eigenvalue weighted by Gasteiger charge is 2.37. The van der Waals surface area contributed by atoms with E-state index in [1.807, 2.05) is 19.9 Å². The minimum atomic E-state index is -0.411. The zero-order valence-electron chi connectivity index (χ0n) is 12.9. The molecule has 0 amide bonds. The summed E-state index contributed by atoms with van der Waals surface area (Å²) in [6.45, 7) is 9.30. The maximum Gasteiger partial charge on any atom is 0.130 e. The Morgan fingerprint density at radius 3 is 2.57 bits per heavy atom. The Morgan fingerprint density at radius 2 is 2.00 bits per heavy atom. The number of hydrogen-bond acceptors (Lipinski definition) is 3. The van der Waals surface area contributed by atoms with E-state index in [0.717, 1.165) is 30.7 Å². The van der Waals surface area contributed by atoms with Crippen LogP contribution < -0.4 is 5.32 Å². The number of hydrogen-bond donors (Lipinski definition) is 2. The Labute approximate surface area is 134 Å². The van der Waals surface area contributed by atoms with Crippen molar-refractivity contribution >= 4 is 15.9 Å². The van der Waals surface area contributed by atoms with Crippen molar-refractivity contribution in [3.05, 3.63) is 33.5 Å². The second-order valence-electron chi connectivity index (χ2n) is 6.46. The minimum absolute atomic E-state index is 0.0204. The van der Waals surface area contributed by atoms with Gasteiger partial charge in [0.25, 0.3) is 0 Å². The van der Waals surface area contributed by atoms with E-state index >= 15 is 0 Å². The van der Waals surface area contributed by atoms with Crippen LogP contribution in [0.1, 0.15) is 31.0 Å². The van der Waals surface area contributed by atoms with Gasteiger partial charge < -0.3 is 10.4 Å². The Bertz CT molecular complexity index is 501. The van der Waals surface area contributed by atoms with Gasteiger partial charge in [-0.2, -0.15) is 0 Å². The van der Waals surface area contributed by atoms with E-state index in [1.165, 1.54) is 0 Å². The van der Waals surface area contributed by atoms with E-state index in [1.54, 1.807) is 13.0 Å². The number of nitrogens with one attached hydrogen (secondary N) is 1. The van der Waals surface area contributed by atoms with Crippen LogP contribution in [0.4, 0.5) is 4.39 Å². The molecule has 1 fully saturated rings. The summed E-state index contributed by atoms with van der Waals surface area (Å²) in [7, 11) is 0. The largest absolute Gasteiger partial charge is 0.396 e. The summed E-state index contributed by atoms with van der Waals surface area (Å²) in [4.78, 5) is 2.27. The maximum absolute atomic E-state index is 14.7. The van der Waals surface area contributed by atoms with Crippen LogP contribution in [0.3, 0.4) is 0 Å². The second-order valence-corrected chi connectivity index (χ2v) is 7.38. The van der Waals surface area contributed by atoms with Crippen molar-refractivity contribution in [1.82, 2.24) is 10.2 Å². The fourth-order valence-corrected chi connectivity index (χ4v) is 3.68. The first-order valence-corrected chi connectivity index (χ1v) is 8.17. The second kappa shape index (κ2) is 6.73. The smallest absolute Gasteiger partial charge is 0.130 e. The molecule has 1 aliphatic heterocycles. The van der Waals surface area contributed by atoms with E-state index in [4.69, 9.17) is 0 Å². The highest BCUT2D eigenvalue weighted by Crippen LogP contribution is 2.40. The molecule has 0 aromatic heterocycles. The number of aryl methyl sites for hydroxylation is 1. The van der Waals surface area contributed by atoms with Crippen LogP contribution in [0.2, 0.25) is 0 Å². The number of piperazine rings is 1. The predicted octanol–water partition coefficient (Wildman–Crippen LogP) is 2.86. The van der Waals surface area contributed by atoms with Crippen LogP contribution in [-0.2, 0) is 0 Å². The number of rotatable bonds is 4. The lowest BCUT2D eigenvalue weighted by atomic mass is 9.79. The van der Waals surface area contributed by atoms with E-state index < -0.39 is 5.41 Å². The van der Waals surface area contributed by atoms with Crippen molar-refractivity contribution < 1.29 is 9.50 Å². The maximum atomic E-state index is 14.7. The number of aliphatic hydroxyl groups excluding tert-OH is 1. The summed E-state index contributed by atoms with van der Waals surface area (Å²) in [5.41, 5.74) is 0.891. The fourth-order valence-electron chi connectivity index (χ4n) is 3.09. The lowest BCUT2D eigenvalue weighted by Gasteiger charge is -2.43. The molecule has 1 aromatic rings. The van der Waals surface area contributed by atoms with Crippen molar-refractivity contribution in [3.63, 3.8) is 0 Å². The summed E-state index contributed by atoms with van der Waals surface area (Å²) in [6, 6.07) is 3.51. The van der Waals surface area contributed by atoms with Gasteiger partial charge in [-0.05, 0) is 24.6 Å². The first-order valence-electron chi connectivity index (χ1n) is 7.38. The SMILES string of the molecule is Cc1cc(Br)cc([C@@H](N2CCNCC2)C(C)(C)CO)c1F. The molecule has 3 nitrogen and oxygen atoms in total. The third-order valence-electron chi connectivity index (χ3n) is 4.21. The molecular weight excluding hydrogens is 335 g/mol. The Hall–Kier alpha value is -0.490. The van der Waals surface area contributed by atoms with Gasteiger partial charge >= 0.3 is 0 Å². The molecule has 1 heterocycles. The third-order valence-corrected chi connectivity index (χ3v) is 4.66. The Morgan fingerprint density at radius 1 is 1.38 bits per heavy atom. The first kappa shape index (κ1) is 16.9. The zero-order valence-corrected chi connectivity index (χ0v) is 14.5. The van der Waals surface area contributed by atoms with Crippen LogP contribution in [0.5, 0.6) is 0 Å². The lowest BCUT2D eigenvalue weighted by Crippen LogP contribution is -2.49. The highest BCUT2D eigenvalue weighted by atomic mass is 79.9. The predicted molar refractivity (Wildman–Crippen MR) is 86.9 cm³/mol. The number of benzene rings is 1. The molecular formula is C16H24BrFN2O. The van der Waals surface area contributed by atoms with E-state index in [2.05, 4.69) is 26.1 Å². The summed E-state index contributed by atoms with van der Waals surface area (Å²) in [5, 5.41) is 13.1. The monoisotopic (exact) mass is 358 g/mol. The quantitative estimate of drug-likeness (QED) is 0.868. The third kappa shape index (κ3) is 3.65. The van der Waals surface area contributed by atoms with Gasteiger partial charge in [0, 0.05) is 54.3 Å². The van der Waals surface area contributed by atoms with E-state index in [0.29, 0.717) is 11.1 Å². The number of halogens is 2. The molecule has 0 saturated carbocycles. The molecule has 0 aliphatic carbocycles. The zero-order chi connectivity index (χ0) is 15.6. The normalized spacial score (nSPS) is 18.8.